The Kier molecular flexibility index (Phi) is 7.46. The molecule has 0 bridgehead atoms. The topological polar surface area (TPSA) is 94.1 Å². The standard InChI is InChI=1S/C26H23ClF3N3O4/c1-37-24(35)16-10-8-15(9-11-16)13-33-23(34)22-20(27)6-3-7-21(22)32(25(33)36)14-17-4-2-5-19(18(17)12-31)26(28,29)30/h2-7,15-16H,8-11,13-14H2,1H3. The number of esters is 1. The molecule has 194 valence electrons. The lowest BCUT2D eigenvalue weighted by molar-refractivity contribution is -0.146. The van der Waals surface area contributed by atoms with Gasteiger partial charge < -0.3 is 4.74 Å². The molecule has 0 unspecified atom stereocenters. The van der Waals surface area contributed by atoms with Gasteiger partial charge in [0.05, 0.1) is 46.6 Å². The Morgan fingerprint density at radius 3 is 2.41 bits per heavy atom. The molecule has 0 N–H and O–H groups in total. The van der Waals surface area contributed by atoms with Crippen LogP contribution in [0, 0.1) is 23.2 Å². The third-order valence-electron chi connectivity index (χ3n) is 6.92. The van der Waals surface area contributed by atoms with Gasteiger partial charge in [-0.05, 0) is 55.4 Å². The zero-order valence-electron chi connectivity index (χ0n) is 19.8. The van der Waals surface area contributed by atoms with Gasteiger partial charge >= 0.3 is 17.8 Å². The van der Waals surface area contributed by atoms with Crippen LogP contribution in [-0.4, -0.2) is 22.2 Å². The Bertz CT molecular complexity index is 1510. The first-order chi connectivity index (χ1) is 17.6. The number of alkyl halides is 3. The van der Waals surface area contributed by atoms with Crippen LogP contribution in [0.3, 0.4) is 0 Å². The lowest BCUT2D eigenvalue weighted by Gasteiger charge is -2.27. The van der Waals surface area contributed by atoms with Crippen LogP contribution in [0.25, 0.3) is 10.9 Å². The summed E-state index contributed by atoms with van der Waals surface area (Å²) < 4.78 is 47.6. The van der Waals surface area contributed by atoms with E-state index in [-0.39, 0.29) is 52.4 Å². The van der Waals surface area contributed by atoms with Crippen molar-refractivity contribution in [2.24, 2.45) is 11.8 Å². The molecule has 3 aromatic rings. The summed E-state index contributed by atoms with van der Waals surface area (Å²) in [6.07, 6.45) is -2.44. The Labute approximate surface area is 214 Å². The minimum Gasteiger partial charge on any atom is -0.469 e. The number of hydrogen-bond donors (Lipinski definition) is 0. The van der Waals surface area contributed by atoms with Crippen LogP contribution >= 0.6 is 11.6 Å². The maximum absolute atomic E-state index is 13.6. The monoisotopic (exact) mass is 533 g/mol. The van der Waals surface area contributed by atoms with Gasteiger partial charge in [-0.25, -0.2) is 4.79 Å². The summed E-state index contributed by atoms with van der Waals surface area (Å²) >= 11 is 6.34. The smallest absolute Gasteiger partial charge is 0.417 e. The molecule has 0 atom stereocenters. The van der Waals surface area contributed by atoms with E-state index in [9.17, 15) is 32.8 Å². The third kappa shape index (κ3) is 5.14. The number of carbonyl (C=O) groups excluding carboxylic acids is 1. The summed E-state index contributed by atoms with van der Waals surface area (Å²) in [6, 6.07) is 9.48. The predicted octanol–water partition coefficient (Wildman–Crippen LogP) is 4.73. The van der Waals surface area contributed by atoms with Gasteiger partial charge in [0, 0.05) is 6.54 Å². The molecule has 37 heavy (non-hydrogen) atoms. The molecule has 0 amide bonds. The largest absolute Gasteiger partial charge is 0.469 e. The first kappa shape index (κ1) is 26.5. The number of benzene rings is 2. The van der Waals surface area contributed by atoms with Crippen molar-refractivity contribution in [2.75, 3.05) is 7.11 Å². The van der Waals surface area contributed by atoms with Crippen molar-refractivity contribution < 1.29 is 22.7 Å². The molecule has 1 aliphatic rings. The lowest BCUT2D eigenvalue weighted by atomic mass is 9.82. The molecule has 0 saturated heterocycles. The van der Waals surface area contributed by atoms with E-state index in [0.29, 0.717) is 25.7 Å². The van der Waals surface area contributed by atoms with E-state index in [1.54, 1.807) is 6.07 Å². The van der Waals surface area contributed by atoms with Gasteiger partial charge in [0.15, 0.2) is 0 Å². The molecule has 1 saturated carbocycles. The number of rotatable bonds is 5. The van der Waals surface area contributed by atoms with Crippen LogP contribution in [-0.2, 0) is 28.8 Å². The molecule has 1 heterocycles. The predicted molar refractivity (Wildman–Crippen MR) is 130 cm³/mol. The zero-order chi connectivity index (χ0) is 26.9. The van der Waals surface area contributed by atoms with Crippen LogP contribution in [0.15, 0.2) is 46.0 Å². The minimum absolute atomic E-state index is 0.00974. The number of ether oxygens (including phenoxy) is 1. The number of nitrogens with zero attached hydrogens (tertiary/aromatic N) is 3. The van der Waals surface area contributed by atoms with Gasteiger partial charge in [0.2, 0.25) is 0 Å². The highest BCUT2D eigenvalue weighted by atomic mass is 35.5. The number of methoxy groups -OCH3 is 1. The average Bonchev–Trinajstić information content (AvgIpc) is 2.88. The third-order valence-corrected chi connectivity index (χ3v) is 7.24. The van der Waals surface area contributed by atoms with E-state index >= 15 is 0 Å². The van der Waals surface area contributed by atoms with Gasteiger partial charge in [0.25, 0.3) is 5.56 Å². The maximum Gasteiger partial charge on any atom is 0.417 e. The number of carbonyl (C=O) groups is 1. The van der Waals surface area contributed by atoms with Crippen molar-refractivity contribution in [1.29, 1.82) is 5.26 Å². The highest BCUT2D eigenvalue weighted by Gasteiger charge is 2.34. The molecule has 1 aromatic heterocycles. The molecule has 0 spiro atoms. The van der Waals surface area contributed by atoms with Gasteiger partial charge in [-0.1, -0.05) is 29.8 Å². The van der Waals surface area contributed by atoms with E-state index in [0.717, 1.165) is 10.6 Å². The molecule has 2 aromatic carbocycles. The summed E-state index contributed by atoms with van der Waals surface area (Å²) in [4.78, 5) is 38.8. The van der Waals surface area contributed by atoms with E-state index in [2.05, 4.69) is 0 Å². The van der Waals surface area contributed by atoms with E-state index in [1.807, 2.05) is 0 Å². The molecular weight excluding hydrogens is 511 g/mol. The lowest BCUT2D eigenvalue weighted by Crippen LogP contribution is -2.42. The summed E-state index contributed by atoms with van der Waals surface area (Å²) in [5, 5.41) is 9.68. The summed E-state index contributed by atoms with van der Waals surface area (Å²) in [5.74, 6) is -0.584. The molecule has 0 radical (unpaired) electrons. The molecule has 7 nitrogen and oxygen atoms in total. The summed E-state index contributed by atoms with van der Waals surface area (Å²) in [7, 11) is 1.33. The zero-order valence-corrected chi connectivity index (χ0v) is 20.6. The normalized spacial score (nSPS) is 17.9. The van der Waals surface area contributed by atoms with Crippen LogP contribution in [0.1, 0.15) is 42.4 Å². The molecule has 1 aliphatic carbocycles. The van der Waals surface area contributed by atoms with Gasteiger partial charge in [0.1, 0.15) is 6.07 Å². The van der Waals surface area contributed by atoms with Crippen LogP contribution < -0.4 is 11.2 Å². The first-order valence-electron chi connectivity index (χ1n) is 11.7. The first-order valence-corrected chi connectivity index (χ1v) is 12.0. The van der Waals surface area contributed by atoms with Crippen molar-refractivity contribution in [3.05, 3.63) is 78.9 Å². The minimum atomic E-state index is -4.75. The molecule has 11 heteroatoms. The number of fused-ring (bicyclic) bond motifs is 1. The Morgan fingerprint density at radius 1 is 1.11 bits per heavy atom. The number of aromatic nitrogens is 2. The SMILES string of the molecule is COC(=O)C1CCC(Cn2c(=O)c3c(Cl)cccc3n(Cc3cccc(C(F)(F)F)c3C#N)c2=O)CC1. The van der Waals surface area contributed by atoms with E-state index in [4.69, 9.17) is 16.3 Å². The average molecular weight is 534 g/mol. The molecular formula is C26H23ClF3N3O4. The van der Waals surface area contributed by atoms with Crippen molar-refractivity contribution >= 4 is 28.5 Å². The number of halogens is 4. The summed E-state index contributed by atoms with van der Waals surface area (Å²) in [6.45, 7) is -0.293. The van der Waals surface area contributed by atoms with Crippen LogP contribution in [0.2, 0.25) is 5.02 Å². The summed E-state index contributed by atoms with van der Waals surface area (Å²) in [5.41, 5.74) is -2.84. The molecule has 0 aliphatic heterocycles. The van der Waals surface area contributed by atoms with Gasteiger partial charge in [-0.15, -0.1) is 0 Å². The maximum atomic E-state index is 13.6. The second-order valence-electron chi connectivity index (χ2n) is 9.11. The highest BCUT2D eigenvalue weighted by Crippen LogP contribution is 2.34. The second-order valence-corrected chi connectivity index (χ2v) is 9.52. The van der Waals surface area contributed by atoms with Crippen LogP contribution in [0.5, 0.6) is 0 Å². The van der Waals surface area contributed by atoms with E-state index in [1.165, 1.54) is 42.0 Å². The molecule has 4 rings (SSSR count). The Balaban J connectivity index is 1.80. The number of hydrogen-bond acceptors (Lipinski definition) is 5. The quantitative estimate of drug-likeness (QED) is 0.442. The van der Waals surface area contributed by atoms with Crippen molar-refractivity contribution in [3.63, 3.8) is 0 Å². The van der Waals surface area contributed by atoms with Gasteiger partial charge in [-0.3, -0.25) is 18.7 Å². The highest BCUT2D eigenvalue weighted by molar-refractivity contribution is 6.35. The van der Waals surface area contributed by atoms with Crippen molar-refractivity contribution in [3.8, 4) is 6.07 Å². The fourth-order valence-corrected chi connectivity index (χ4v) is 5.26. The van der Waals surface area contributed by atoms with E-state index < -0.39 is 28.6 Å². The van der Waals surface area contributed by atoms with Crippen LogP contribution in [0.4, 0.5) is 13.2 Å². The fourth-order valence-electron chi connectivity index (χ4n) is 5.01. The van der Waals surface area contributed by atoms with Crippen molar-refractivity contribution in [1.82, 2.24) is 9.13 Å². The Morgan fingerprint density at radius 2 is 1.78 bits per heavy atom. The second kappa shape index (κ2) is 10.4. The van der Waals surface area contributed by atoms with Gasteiger partial charge in [-0.2, -0.15) is 18.4 Å². The van der Waals surface area contributed by atoms with Crippen molar-refractivity contribution in [2.45, 2.75) is 44.9 Å². The molecule has 1 fully saturated rings. The number of nitriles is 1. The Hall–Kier alpha value is -3.58. The fraction of sp³-hybridized carbons (Fsp3) is 0.385.